The lowest BCUT2D eigenvalue weighted by Gasteiger charge is -2.28. The summed E-state index contributed by atoms with van der Waals surface area (Å²) in [5.74, 6) is -0.0425. The zero-order valence-electron chi connectivity index (χ0n) is 16.9. The lowest BCUT2D eigenvalue weighted by atomic mass is 9.93. The minimum absolute atomic E-state index is 0.238. The fourth-order valence-corrected chi connectivity index (χ4v) is 3.72. The molecule has 2 heterocycles. The Hall–Kier alpha value is -2.93. The van der Waals surface area contributed by atoms with Crippen molar-refractivity contribution < 1.29 is 19.4 Å². The Labute approximate surface area is 176 Å². The number of rotatable bonds is 7. The SMILES string of the molecule is O=C(OC[C@@](O)(C(=O)NCc1cncc(C2CC2)c1)c1ccccc1)N1CCCC1. The molecule has 1 saturated carbocycles. The van der Waals surface area contributed by atoms with Gasteiger partial charge in [0.15, 0.2) is 0 Å². The minimum atomic E-state index is -1.97. The van der Waals surface area contributed by atoms with E-state index < -0.39 is 24.2 Å². The molecule has 1 atom stereocenters. The monoisotopic (exact) mass is 409 g/mol. The van der Waals surface area contributed by atoms with Gasteiger partial charge in [-0.2, -0.15) is 0 Å². The molecule has 7 heteroatoms. The third kappa shape index (κ3) is 4.62. The van der Waals surface area contributed by atoms with Gasteiger partial charge in [-0.15, -0.1) is 0 Å². The molecule has 2 amide bonds. The van der Waals surface area contributed by atoms with Crippen molar-refractivity contribution in [2.24, 2.45) is 0 Å². The van der Waals surface area contributed by atoms with Crippen LogP contribution in [-0.2, 0) is 21.7 Å². The van der Waals surface area contributed by atoms with Gasteiger partial charge >= 0.3 is 6.09 Å². The first-order valence-electron chi connectivity index (χ1n) is 10.5. The molecule has 1 aromatic heterocycles. The Morgan fingerprint density at radius 1 is 1.17 bits per heavy atom. The fourth-order valence-electron chi connectivity index (χ4n) is 3.72. The normalized spacial score (nSPS) is 18.0. The van der Waals surface area contributed by atoms with Gasteiger partial charge in [-0.05, 0) is 48.3 Å². The third-order valence-corrected chi connectivity index (χ3v) is 5.71. The van der Waals surface area contributed by atoms with Crippen molar-refractivity contribution in [2.45, 2.75) is 43.7 Å². The maximum Gasteiger partial charge on any atom is 0.409 e. The summed E-state index contributed by atoms with van der Waals surface area (Å²) < 4.78 is 5.34. The summed E-state index contributed by atoms with van der Waals surface area (Å²) in [5, 5.41) is 14.0. The van der Waals surface area contributed by atoms with Crippen LogP contribution >= 0.6 is 0 Å². The fraction of sp³-hybridized carbons (Fsp3) is 0.435. The first-order valence-corrected chi connectivity index (χ1v) is 10.5. The standard InChI is InChI=1S/C23H27N3O4/c27-21(25-14-17-12-19(15-24-13-17)18-8-9-18)23(29,20-6-2-1-3-7-20)16-30-22(28)26-10-4-5-11-26/h1-3,6-7,12-13,15,18,29H,4-5,8-11,14,16H2,(H,25,27)/t23-/m0/s1. The lowest BCUT2D eigenvalue weighted by molar-refractivity contribution is -0.146. The van der Waals surface area contributed by atoms with Crippen LogP contribution in [-0.4, -0.2) is 46.7 Å². The first kappa shape index (κ1) is 20.3. The van der Waals surface area contributed by atoms with Crippen molar-refractivity contribution in [3.8, 4) is 0 Å². The number of hydrogen-bond donors (Lipinski definition) is 2. The molecule has 1 saturated heterocycles. The molecule has 1 aromatic carbocycles. The van der Waals surface area contributed by atoms with Gasteiger partial charge in [0, 0.05) is 32.0 Å². The maximum atomic E-state index is 13.0. The van der Waals surface area contributed by atoms with Crippen LogP contribution < -0.4 is 5.32 Å². The highest BCUT2D eigenvalue weighted by Crippen LogP contribution is 2.39. The van der Waals surface area contributed by atoms with Crippen LogP contribution in [0.4, 0.5) is 4.79 Å². The van der Waals surface area contributed by atoms with Crippen molar-refractivity contribution in [3.05, 3.63) is 65.5 Å². The molecular weight excluding hydrogens is 382 g/mol. The molecule has 4 rings (SSSR count). The number of hydrogen-bond acceptors (Lipinski definition) is 5. The van der Waals surface area contributed by atoms with Gasteiger partial charge < -0.3 is 20.1 Å². The highest BCUT2D eigenvalue weighted by Gasteiger charge is 2.40. The van der Waals surface area contributed by atoms with Crippen molar-refractivity contribution in [2.75, 3.05) is 19.7 Å². The summed E-state index contributed by atoms with van der Waals surface area (Å²) in [4.78, 5) is 31.2. The Balaban J connectivity index is 1.45. The predicted molar refractivity (Wildman–Crippen MR) is 111 cm³/mol. The van der Waals surface area contributed by atoms with E-state index >= 15 is 0 Å². The smallest absolute Gasteiger partial charge is 0.409 e. The Morgan fingerprint density at radius 2 is 1.90 bits per heavy atom. The highest BCUT2D eigenvalue weighted by atomic mass is 16.6. The highest BCUT2D eigenvalue weighted by molar-refractivity contribution is 5.86. The van der Waals surface area contributed by atoms with E-state index in [1.165, 1.54) is 18.4 Å². The Morgan fingerprint density at radius 3 is 2.60 bits per heavy atom. The second-order valence-electron chi connectivity index (χ2n) is 8.06. The van der Waals surface area contributed by atoms with E-state index in [2.05, 4.69) is 10.3 Å². The number of benzene rings is 1. The van der Waals surface area contributed by atoms with E-state index in [0.29, 0.717) is 24.6 Å². The number of aromatic nitrogens is 1. The molecule has 0 spiro atoms. The largest absolute Gasteiger partial charge is 0.445 e. The number of amides is 2. The van der Waals surface area contributed by atoms with E-state index in [4.69, 9.17) is 4.74 Å². The van der Waals surface area contributed by atoms with Gasteiger partial charge in [0.1, 0.15) is 6.61 Å². The van der Waals surface area contributed by atoms with Gasteiger partial charge in [-0.3, -0.25) is 9.78 Å². The van der Waals surface area contributed by atoms with Gasteiger partial charge in [0.2, 0.25) is 5.60 Å². The summed E-state index contributed by atoms with van der Waals surface area (Å²) in [6.45, 7) is 1.07. The number of nitrogens with one attached hydrogen (secondary N) is 1. The summed E-state index contributed by atoms with van der Waals surface area (Å²) in [7, 11) is 0. The quantitative estimate of drug-likeness (QED) is 0.734. The number of aliphatic hydroxyl groups is 1. The molecular formula is C23H27N3O4. The molecule has 2 aliphatic rings. The third-order valence-electron chi connectivity index (χ3n) is 5.71. The molecule has 1 aliphatic heterocycles. The number of carbonyl (C=O) groups is 2. The molecule has 2 fully saturated rings. The van der Waals surface area contributed by atoms with E-state index in [1.807, 2.05) is 12.3 Å². The molecule has 0 bridgehead atoms. The van der Waals surface area contributed by atoms with Crippen LogP contribution in [0.2, 0.25) is 0 Å². The average molecular weight is 409 g/mol. The maximum absolute atomic E-state index is 13.0. The van der Waals surface area contributed by atoms with Crippen molar-refractivity contribution in [1.29, 1.82) is 0 Å². The number of carbonyl (C=O) groups excluding carboxylic acids is 2. The van der Waals surface area contributed by atoms with Gasteiger partial charge in [-0.1, -0.05) is 36.4 Å². The number of likely N-dealkylation sites (tertiary alicyclic amines) is 1. The first-order chi connectivity index (χ1) is 14.6. The van der Waals surface area contributed by atoms with Crippen molar-refractivity contribution >= 4 is 12.0 Å². The zero-order valence-corrected chi connectivity index (χ0v) is 16.9. The summed E-state index contributed by atoms with van der Waals surface area (Å²) in [6.07, 6.45) is 7.29. The van der Waals surface area contributed by atoms with Gasteiger partial charge in [0.05, 0.1) is 0 Å². The molecule has 2 N–H and O–H groups in total. The van der Waals surface area contributed by atoms with Gasteiger partial charge in [0.25, 0.3) is 5.91 Å². The van der Waals surface area contributed by atoms with Crippen LogP contribution in [0, 0.1) is 0 Å². The average Bonchev–Trinajstić information content (AvgIpc) is 3.50. The second-order valence-corrected chi connectivity index (χ2v) is 8.06. The Bertz CT molecular complexity index is 894. The summed E-state index contributed by atoms with van der Waals surface area (Å²) in [5.41, 5.74) is 0.455. The molecule has 158 valence electrons. The predicted octanol–water partition coefficient (Wildman–Crippen LogP) is 2.70. The lowest BCUT2D eigenvalue weighted by Crippen LogP contribution is -2.48. The molecule has 30 heavy (non-hydrogen) atoms. The second kappa shape index (κ2) is 8.83. The van der Waals surface area contributed by atoms with Crippen LogP contribution in [0.25, 0.3) is 0 Å². The topological polar surface area (TPSA) is 91.8 Å². The summed E-state index contributed by atoms with van der Waals surface area (Å²) in [6, 6.07) is 10.6. The van der Waals surface area contributed by atoms with Crippen molar-refractivity contribution in [1.82, 2.24) is 15.2 Å². The Kier molecular flexibility index (Phi) is 5.99. The van der Waals surface area contributed by atoms with Crippen LogP contribution in [0.3, 0.4) is 0 Å². The van der Waals surface area contributed by atoms with E-state index in [-0.39, 0.29) is 6.54 Å². The molecule has 1 aliphatic carbocycles. The van der Waals surface area contributed by atoms with E-state index in [9.17, 15) is 14.7 Å². The number of ether oxygens (including phenoxy) is 1. The van der Waals surface area contributed by atoms with E-state index in [0.717, 1.165) is 18.4 Å². The minimum Gasteiger partial charge on any atom is -0.445 e. The van der Waals surface area contributed by atoms with Crippen LogP contribution in [0.5, 0.6) is 0 Å². The van der Waals surface area contributed by atoms with E-state index in [1.54, 1.807) is 41.4 Å². The van der Waals surface area contributed by atoms with Crippen LogP contribution in [0.1, 0.15) is 48.3 Å². The number of pyridine rings is 1. The summed E-state index contributed by atoms with van der Waals surface area (Å²) >= 11 is 0. The van der Waals surface area contributed by atoms with Crippen molar-refractivity contribution in [3.63, 3.8) is 0 Å². The molecule has 2 aromatic rings. The molecule has 0 radical (unpaired) electrons. The number of nitrogens with zero attached hydrogens (tertiary/aromatic N) is 2. The molecule has 7 nitrogen and oxygen atoms in total. The zero-order chi connectivity index (χ0) is 21.0. The van der Waals surface area contributed by atoms with Gasteiger partial charge in [-0.25, -0.2) is 4.79 Å². The van der Waals surface area contributed by atoms with Crippen LogP contribution in [0.15, 0.2) is 48.8 Å². The molecule has 0 unspecified atom stereocenters.